The summed E-state index contributed by atoms with van der Waals surface area (Å²) in [6.07, 6.45) is 1.14. The highest BCUT2D eigenvalue weighted by atomic mass is 16.5. The van der Waals surface area contributed by atoms with Crippen LogP contribution >= 0.6 is 0 Å². The van der Waals surface area contributed by atoms with Gasteiger partial charge in [0.15, 0.2) is 0 Å². The molecule has 2 atom stereocenters. The van der Waals surface area contributed by atoms with Gasteiger partial charge in [0, 0.05) is 26.0 Å². The van der Waals surface area contributed by atoms with Gasteiger partial charge >= 0.3 is 0 Å². The van der Waals surface area contributed by atoms with Crippen molar-refractivity contribution >= 4 is 5.91 Å². The lowest BCUT2D eigenvalue weighted by atomic mass is 9.97. The van der Waals surface area contributed by atoms with Gasteiger partial charge in [-0.1, -0.05) is 12.2 Å². The summed E-state index contributed by atoms with van der Waals surface area (Å²) in [5.74, 6) is 0.425. The van der Waals surface area contributed by atoms with E-state index < -0.39 is 0 Å². The number of rotatable bonds is 3. The van der Waals surface area contributed by atoms with Crippen LogP contribution in [0.3, 0.4) is 0 Å². The van der Waals surface area contributed by atoms with E-state index in [1.165, 1.54) is 6.92 Å². The third-order valence-electron chi connectivity index (χ3n) is 2.31. The molecule has 1 heterocycles. The van der Waals surface area contributed by atoms with Crippen LogP contribution in [0.2, 0.25) is 0 Å². The molecule has 0 aromatic heterocycles. The number of hydrogen-bond donors (Lipinski definition) is 1. The number of carbonyl (C=O) groups is 1. The molecular formula is C10H17NO2. The summed E-state index contributed by atoms with van der Waals surface area (Å²) >= 11 is 0. The van der Waals surface area contributed by atoms with Crippen LogP contribution in [-0.4, -0.2) is 25.2 Å². The Labute approximate surface area is 79.2 Å². The summed E-state index contributed by atoms with van der Waals surface area (Å²) < 4.78 is 5.51. The molecule has 0 radical (unpaired) electrons. The summed E-state index contributed by atoms with van der Waals surface area (Å²) in [6.45, 7) is 8.86. The number of nitrogens with one attached hydrogen (secondary N) is 1. The first-order valence-corrected chi connectivity index (χ1v) is 4.62. The van der Waals surface area contributed by atoms with Gasteiger partial charge in [0.25, 0.3) is 0 Å². The maximum absolute atomic E-state index is 10.7. The smallest absolute Gasteiger partial charge is 0.216 e. The molecule has 13 heavy (non-hydrogen) atoms. The quantitative estimate of drug-likeness (QED) is 0.665. The highest BCUT2D eigenvalue weighted by Crippen LogP contribution is 2.24. The van der Waals surface area contributed by atoms with Gasteiger partial charge in [-0.25, -0.2) is 0 Å². The van der Waals surface area contributed by atoms with Crippen molar-refractivity contribution in [2.45, 2.75) is 26.4 Å². The molecule has 2 unspecified atom stereocenters. The molecule has 0 bridgehead atoms. The molecule has 3 nitrogen and oxygen atoms in total. The van der Waals surface area contributed by atoms with E-state index in [1.54, 1.807) is 0 Å². The van der Waals surface area contributed by atoms with E-state index in [9.17, 15) is 4.79 Å². The SMILES string of the molecule is C=C(C)C1OCCC1CNC(C)=O. The van der Waals surface area contributed by atoms with E-state index in [-0.39, 0.29) is 12.0 Å². The van der Waals surface area contributed by atoms with Gasteiger partial charge in [0.1, 0.15) is 0 Å². The highest BCUT2D eigenvalue weighted by molar-refractivity contribution is 5.72. The fraction of sp³-hybridized carbons (Fsp3) is 0.700. The summed E-state index contributed by atoms with van der Waals surface area (Å²) in [4.78, 5) is 10.7. The van der Waals surface area contributed by atoms with Crippen molar-refractivity contribution in [3.8, 4) is 0 Å². The number of ether oxygens (including phenoxy) is 1. The fourth-order valence-electron chi connectivity index (χ4n) is 1.66. The van der Waals surface area contributed by atoms with Crippen molar-refractivity contribution in [1.82, 2.24) is 5.32 Å². The minimum atomic E-state index is 0.0207. The molecule has 1 fully saturated rings. The Bertz CT molecular complexity index is 213. The average molecular weight is 183 g/mol. The molecule has 1 aliphatic rings. The molecule has 74 valence electrons. The predicted octanol–water partition coefficient (Wildman–Crippen LogP) is 1.10. The van der Waals surface area contributed by atoms with Crippen LogP contribution in [0.15, 0.2) is 12.2 Å². The Balaban J connectivity index is 2.39. The molecule has 1 amide bonds. The van der Waals surface area contributed by atoms with Gasteiger partial charge in [-0.2, -0.15) is 0 Å². The summed E-state index contributed by atoms with van der Waals surface area (Å²) in [5.41, 5.74) is 1.05. The topological polar surface area (TPSA) is 38.3 Å². The van der Waals surface area contributed by atoms with E-state index >= 15 is 0 Å². The zero-order chi connectivity index (χ0) is 9.84. The van der Waals surface area contributed by atoms with Crippen molar-refractivity contribution in [3.05, 3.63) is 12.2 Å². The lowest BCUT2D eigenvalue weighted by Gasteiger charge is -2.18. The first-order chi connectivity index (χ1) is 6.11. The third-order valence-corrected chi connectivity index (χ3v) is 2.31. The lowest BCUT2D eigenvalue weighted by Crippen LogP contribution is -2.31. The van der Waals surface area contributed by atoms with Crippen molar-refractivity contribution in [2.24, 2.45) is 5.92 Å². The molecule has 0 saturated carbocycles. The molecule has 1 aliphatic heterocycles. The third kappa shape index (κ3) is 2.84. The van der Waals surface area contributed by atoms with Gasteiger partial charge in [-0.3, -0.25) is 4.79 Å². The Morgan fingerprint density at radius 3 is 2.85 bits per heavy atom. The number of amides is 1. The predicted molar refractivity (Wildman–Crippen MR) is 51.3 cm³/mol. The maximum atomic E-state index is 10.7. The van der Waals surface area contributed by atoms with Crippen molar-refractivity contribution in [2.75, 3.05) is 13.2 Å². The Hall–Kier alpha value is -0.830. The Morgan fingerprint density at radius 1 is 1.62 bits per heavy atom. The number of hydrogen-bond acceptors (Lipinski definition) is 2. The molecular weight excluding hydrogens is 166 g/mol. The Kier molecular flexibility index (Phi) is 3.48. The van der Waals surface area contributed by atoms with Crippen LogP contribution in [0.5, 0.6) is 0 Å². The summed E-state index contributed by atoms with van der Waals surface area (Å²) in [7, 11) is 0. The van der Waals surface area contributed by atoms with E-state index in [0.29, 0.717) is 12.5 Å². The van der Waals surface area contributed by atoms with Gasteiger partial charge in [-0.15, -0.1) is 0 Å². The molecule has 1 N–H and O–H groups in total. The standard InChI is InChI=1S/C10H17NO2/c1-7(2)10-9(4-5-13-10)6-11-8(3)12/h9-10H,1,4-6H2,2-3H3,(H,11,12). The monoisotopic (exact) mass is 183 g/mol. The first kappa shape index (κ1) is 10.3. The van der Waals surface area contributed by atoms with Crippen LogP contribution in [0, 0.1) is 5.92 Å². The molecule has 3 heteroatoms. The molecule has 1 rings (SSSR count). The van der Waals surface area contributed by atoms with Crippen molar-refractivity contribution < 1.29 is 9.53 Å². The molecule has 0 aromatic rings. The van der Waals surface area contributed by atoms with Gasteiger partial charge in [-0.05, 0) is 13.3 Å². The number of carbonyl (C=O) groups excluding carboxylic acids is 1. The highest BCUT2D eigenvalue weighted by Gasteiger charge is 2.28. The van der Waals surface area contributed by atoms with Crippen LogP contribution < -0.4 is 5.32 Å². The molecule has 0 spiro atoms. The lowest BCUT2D eigenvalue weighted by molar-refractivity contribution is -0.119. The van der Waals surface area contributed by atoms with Crippen molar-refractivity contribution in [1.29, 1.82) is 0 Å². The second-order valence-electron chi connectivity index (χ2n) is 3.62. The molecule has 0 aromatic carbocycles. The van der Waals surface area contributed by atoms with E-state index in [0.717, 1.165) is 18.6 Å². The fourth-order valence-corrected chi connectivity index (χ4v) is 1.66. The Morgan fingerprint density at radius 2 is 2.31 bits per heavy atom. The molecule has 1 saturated heterocycles. The van der Waals surface area contributed by atoms with E-state index in [2.05, 4.69) is 11.9 Å². The van der Waals surface area contributed by atoms with Crippen LogP contribution in [-0.2, 0) is 9.53 Å². The van der Waals surface area contributed by atoms with Crippen LogP contribution in [0.4, 0.5) is 0 Å². The van der Waals surface area contributed by atoms with Crippen molar-refractivity contribution in [3.63, 3.8) is 0 Å². The van der Waals surface area contributed by atoms with Gasteiger partial charge < -0.3 is 10.1 Å². The van der Waals surface area contributed by atoms with Crippen LogP contribution in [0.1, 0.15) is 20.3 Å². The van der Waals surface area contributed by atoms with Crippen LogP contribution in [0.25, 0.3) is 0 Å². The van der Waals surface area contributed by atoms with Gasteiger partial charge in [0.2, 0.25) is 5.91 Å². The zero-order valence-electron chi connectivity index (χ0n) is 8.30. The van der Waals surface area contributed by atoms with E-state index in [1.807, 2.05) is 6.92 Å². The zero-order valence-corrected chi connectivity index (χ0v) is 8.30. The summed E-state index contributed by atoms with van der Waals surface area (Å²) in [6, 6.07) is 0. The summed E-state index contributed by atoms with van der Waals surface area (Å²) in [5, 5.41) is 2.81. The second-order valence-corrected chi connectivity index (χ2v) is 3.62. The minimum Gasteiger partial charge on any atom is -0.374 e. The minimum absolute atomic E-state index is 0.0207. The van der Waals surface area contributed by atoms with Gasteiger partial charge in [0.05, 0.1) is 6.10 Å². The largest absolute Gasteiger partial charge is 0.374 e. The normalized spacial score (nSPS) is 27.2. The van der Waals surface area contributed by atoms with E-state index in [4.69, 9.17) is 4.74 Å². The molecule has 0 aliphatic carbocycles. The average Bonchev–Trinajstić information content (AvgIpc) is 2.47. The second kappa shape index (κ2) is 4.42. The first-order valence-electron chi connectivity index (χ1n) is 4.62. The maximum Gasteiger partial charge on any atom is 0.216 e.